The van der Waals surface area contributed by atoms with Gasteiger partial charge in [-0.25, -0.2) is 9.18 Å². The first-order valence-corrected chi connectivity index (χ1v) is 4.53. The SMILES string of the molecule is CCCCNC(=O)n1cc(C[18F])nn1. The number of nitrogens with zero attached hydrogens (tertiary/aromatic N) is 3. The minimum Gasteiger partial charge on any atom is -0.336 e. The smallest absolute Gasteiger partial charge is 0.336 e. The molecule has 1 N–H and O–H groups in total. The van der Waals surface area contributed by atoms with Gasteiger partial charge in [-0.3, -0.25) is 0 Å². The topological polar surface area (TPSA) is 59.8 Å². The lowest BCUT2D eigenvalue weighted by molar-refractivity contribution is 0.239. The Morgan fingerprint density at radius 3 is 3.07 bits per heavy atom. The number of carbonyl (C=O) groups is 1. The first kappa shape index (κ1) is 10.6. The fourth-order valence-electron chi connectivity index (χ4n) is 0.912. The van der Waals surface area contributed by atoms with Crippen LogP contribution < -0.4 is 5.32 Å². The Kier molecular flexibility index (Phi) is 4.03. The van der Waals surface area contributed by atoms with Crippen LogP contribution in [0.5, 0.6) is 0 Å². The van der Waals surface area contributed by atoms with Crippen LogP contribution in [0.1, 0.15) is 25.5 Å². The summed E-state index contributed by atoms with van der Waals surface area (Å²) in [5.41, 5.74) is 0.163. The second-order valence-electron chi connectivity index (χ2n) is 2.87. The molecule has 0 spiro atoms. The zero-order valence-corrected chi connectivity index (χ0v) is 8.03. The predicted molar refractivity (Wildman–Crippen MR) is 48.5 cm³/mol. The van der Waals surface area contributed by atoms with Crippen LogP contribution >= 0.6 is 0 Å². The number of amides is 1. The molecule has 0 saturated heterocycles. The van der Waals surface area contributed by atoms with Gasteiger partial charge >= 0.3 is 6.03 Å². The lowest BCUT2D eigenvalue weighted by Gasteiger charge is -2.01. The van der Waals surface area contributed by atoms with Crippen LogP contribution in [0.3, 0.4) is 0 Å². The van der Waals surface area contributed by atoms with Crippen molar-refractivity contribution in [2.45, 2.75) is 26.4 Å². The van der Waals surface area contributed by atoms with Gasteiger partial charge in [0.05, 0.1) is 6.20 Å². The molecular weight excluding hydrogens is 186 g/mol. The van der Waals surface area contributed by atoms with E-state index in [0.29, 0.717) is 6.54 Å². The van der Waals surface area contributed by atoms with Gasteiger partial charge in [0.25, 0.3) is 0 Å². The van der Waals surface area contributed by atoms with E-state index < -0.39 is 6.67 Å². The van der Waals surface area contributed by atoms with E-state index >= 15 is 0 Å². The molecule has 0 radical (unpaired) electrons. The van der Waals surface area contributed by atoms with E-state index in [1.807, 2.05) is 6.92 Å². The van der Waals surface area contributed by atoms with Crippen molar-refractivity contribution in [3.05, 3.63) is 11.9 Å². The zero-order chi connectivity index (χ0) is 10.4. The fraction of sp³-hybridized carbons (Fsp3) is 0.625. The van der Waals surface area contributed by atoms with Crippen LogP contribution in [0.2, 0.25) is 0 Å². The van der Waals surface area contributed by atoms with Crippen molar-refractivity contribution in [1.29, 1.82) is 0 Å². The van der Waals surface area contributed by atoms with Gasteiger partial charge in [0.1, 0.15) is 12.4 Å². The van der Waals surface area contributed by atoms with Gasteiger partial charge in [0.2, 0.25) is 0 Å². The second kappa shape index (κ2) is 5.31. The van der Waals surface area contributed by atoms with Crippen LogP contribution in [0.4, 0.5) is 9.18 Å². The number of alkyl halides is 1. The lowest BCUT2D eigenvalue weighted by atomic mass is 10.3. The van der Waals surface area contributed by atoms with Gasteiger partial charge < -0.3 is 5.32 Å². The summed E-state index contributed by atoms with van der Waals surface area (Å²) in [6, 6.07) is -0.370. The molecule has 5 nitrogen and oxygen atoms in total. The minimum absolute atomic E-state index is 0.163. The monoisotopic (exact) mass is 199 g/mol. The van der Waals surface area contributed by atoms with Crippen molar-refractivity contribution in [3.8, 4) is 0 Å². The molecule has 1 amide bonds. The van der Waals surface area contributed by atoms with E-state index in [4.69, 9.17) is 0 Å². The average molecular weight is 199 g/mol. The predicted octanol–water partition coefficient (Wildman–Crippen LogP) is 1.11. The zero-order valence-electron chi connectivity index (χ0n) is 8.03. The Labute approximate surface area is 81.3 Å². The van der Waals surface area contributed by atoms with Crippen molar-refractivity contribution in [3.63, 3.8) is 0 Å². The van der Waals surface area contributed by atoms with Crippen LogP contribution in [0.25, 0.3) is 0 Å². The highest BCUT2D eigenvalue weighted by molar-refractivity contribution is 5.75. The van der Waals surface area contributed by atoms with Gasteiger partial charge in [0, 0.05) is 6.54 Å². The Balaban J connectivity index is 2.44. The molecule has 0 atom stereocenters. The Hall–Kier alpha value is -1.46. The van der Waals surface area contributed by atoms with Crippen molar-refractivity contribution in [2.24, 2.45) is 0 Å². The first-order chi connectivity index (χ1) is 6.77. The van der Waals surface area contributed by atoms with Crippen LogP contribution in [0, 0.1) is 0 Å². The maximum Gasteiger partial charge on any atom is 0.343 e. The molecule has 0 aliphatic heterocycles. The molecule has 0 aliphatic carbocycles. The van der Waals surface area contributed by atoms with E-state index in [2.05, 4.69) is 15.6 Å². The Morgan fingerprint density at radius 2 is 2.50 bits per heavy atom. The molecule has 0 bridgehead atoms. The summed E-state index contributed by atoms with van der Waals surface area (Å²) in [5.74, 6) is 0. The lowest BCUT2D eigenvalue weighted by Crippen LogP contribution is -2.29. The first-order valence-electron chi connectivity index (χ1n) is 4.53. The van der Waals surface area contributed by atoms with Gasteiger partial charge in [-0.15, -0.1) is 5.10 Å². The summed E-state index contributed by atoms with van der Waals surface area (Å²) >= 11 is 0. The minimum atomic E-state index is -0.706. The number of nitrogens with one attached hydrogen (secondary N) is 1. The number of hydrogen-bond acceptors (Lipinski definition) is 3. The van der Waals surface area contributed by atoms with Crippen LogP contribution in [0.15, 0.2) is 6.20 Å². The molecule has 14 heavy (non-hydrogen) atoms. The highest BCUT2D eigenvalue weighted by atomic mass is 18.2. The molecule has 1 aromatic rings. The normalized spacial score (nSPS) is 10.1. The molecule has 0 aromatic carbocycles. The molecule has 78 valence electrons. The highest BCUT2D eigenvalue weighted by Crippen LogP contribution is 1.94. The number of hydrogen-bond donors (Lipinski definition) is 1. The number of carbonyl (C=O) groups excluding carboxylic acids is 1. The largest absolute Gasteiger partial charge is 0.343 e. The average Bonchev–Trinajstić information content (AvgIpc) is 2.66. The number of rotatable bonds is 4. The molecule has 1 aromatic heterocycles. The molecule has 0 unspecified atom stereocenters. The van der Waals surface area contributed by atoms with Crippen molar-refractivity contribution in [2.75, 3.05) is 6.54 Å². The molecule has 6 heteroatoms. The summed E-state index contributed by atoms with van der Waals surface area (Å²) in [7, 11) is 0. The molecule has 1 rings (SSSR count). The maximum atomic E-state index is 12.1. The van der Waals surface area contributed by atoms with Gasteiger partial charge in [-0.1, -0.05) is 18.6 Å². The van der Waals surface area contributed by atoms with Crippen LogP contribution in [-0.2, 0) is 6.67 Å². The number of aromatic nitrogens is 3. The number of unbranched alkanes of at least 4 members (excludes halogenated alkanes) is 1. The van der Waals surface area contributed by atoms with Crippen molar-refractivity contribution >= 4 is 6.03 Å². The summed E-state index contributed by atoms with van der Waals surface area (Å²) in [5, 5.41) is 9.58. The molecule has 1 heterocycles. The van der Waals surface area contributed by atoms with Crippen molar-refractivity contribution in [1.82, 2.24) is 20.3 Å². The fourth-order valence-corrected chi connectivity index (χ4v) is 0.912. The highest BCUT2D eigenvalue weighted by Gasteiger charge is 2.06. The number of halogens is 1. The third kappa shape index (κ3) is 2.79. The molecule has 0 fully saturated rings. The van der Waals surface area contributed by atoms with Gasteiger partial charge in [-0.2, -0.15) is 4.68 Å². The third-order valence-electron chi connectivity index (χ3n) is 1.69. The van der Waals surface area contributed by atoms with E-state index in [9.17, 15) is 9.18 Å². The molecule has 0 aliphatic rings. The van der Waals surface area contributed by atoms with Gasteiger partial charge in [-0.05, 0) is 6.42 Å². The second-order valence-corrected chi connectivity index (χ2v) is 2.87. The maximum absolute atomic E-state index is 12.1. The summed E-state index contributed by atoms with van der Waals surface area (Å²) < 4.78 is 13.1. The van der Waals surface area contributed by atoms with Crippen molar-refractivity contribution < 1.29 is 9.18 Å². The summed E-state index contributed by atoms with van der Waals surface area (Å²) in [6.45, 7) is 1.92. The molecule has 0 saturated carbocycles. The van der Waals surface area contributed by atoms with Gasteiger partial charge in [0.15, 0.2) is 0 Å². The molecular formula is C8H13FN4O. The van der Waals surface area contributed by atoms with E-state index in [1.165, 1.54) is 6.20 Å². The van der Waals surface area contributed by atoms with E-state index in [-0.39, 0.29) is 11.7 Å². The van der Waals surface area contributed by atoms with E-state index in [1.54, 1.807) is 0 Å². The Bertz CT molecular complexity index is 299. The van der Waals surface area contributed by atoms with Crippen LogP contribution in [-0.4, -0.2) is 27.6 Å². The summed E-state index contributed by atoms with van der Waals surface area (Å²) in [6.07, 6.45) is 3.20. The summed E-state index contributed by atoms with van der Waals surface area (Å²) in [4.78, 5) is 11.3. The van der Waals surface area contributed by atoms with E-state index in [0.717, 1.165) is 17.5 Å². The standard InChI is InChI=1S/C8H13FN4O/c1-2-3-4-10-8(14)13-6-7(5-9)11-12-13/h6H,2-5H2,1H3,(H,10,14)/i9-1. The quantitative estimate of drug-likeness (QED) is 0.739. The Morgan fingerprint density at radius 1 is 1.71 bits per heavy atom. The third-order valence-corrected chi connectivity index (χ3v) is 1.69.